The second kappa shape index (κ2) is 13.6. The van der Waals surface area contributed by atoms with Crippen LogP contribution in [0.15, 0.2) is 60.0 Å². The van der Waals surface area contributed by atoms with E-state index in [1.807, 2.05) is 37.3 Å². The van der Waals surface area contributed by atoms with Crippen molar-refractivity contribution in [3.8, 4) is 11.1 Å². The quantitative estimate of drug-likeness (QED) is 0.158. The number of rotatable bonds is 11. The molecule has 5 rings (SSSR count). The van der Waals surface area contributed by atoms with Gasteiger partial charge >= 0.3 is 5.97 Å². The molecule has 2 fully saturated rings. The zero-order valence-electron chi connectivity index (χ0n) is 25.3. The minimum absolute atomic E-state index is 0.336. The summed E-state index contributed by atoms with van der Waals surface area (Å²) in [6.07, 6.45) is 7.53. The average molecular weight is 620 g/mol. The second-order valence-electron chi connectivity index (χ2n) is 11.2. The highest BCUT2D eigenvalue weighted by Gasteiger charge is 2.34. The smallest absolute Gasteiger partial charge is 0.338 e. The number of carbonyl (C=O) groups excluding carboxylic acids is 1. The van der Waals surface area contributed by atoms with E-state index in [-0.39, 0.29) is 5.97 Å². The number of hydrogen-bond acceptors (Lipinski definition) is 5. The summed E-state index contributed by atoms with van der Waals surface area (Å²) in [5.41, 5.74) is 7.59. The molecule has 0 unspecified atom stereocenters. The molecule has 1 saturated carbocycles. The van der Waals surface area contributed by atoms with Gasteiger partial charge in [0.25, 0.3) is 0 Å². The summed E-state index contributed by atoms with van der Waals surface area (Å²) in [5.74, 6) is 1.93. The molecule has 2 heterocycles. The van der Waals surface area contributed by atoms with E-state index in [0.29, 0.717) is 21.5 Å². The summed E-state index contributed by atoms with van der Waals surface area (Å²) in [6.45, 7) is 16.9. The van der Waals surface area contributed by atoms with Crippen LogP contribution in [0.5, 0.6) is 0 Å². The molecule has 1 aliphatic carbocycles. The van der Waals surface area contributed by atoms with Crippen LogP contribution in [0.2, 0.25) is 10.0 Å². The molecule has 5 nitrogen and oxygen atoms in total. The first kappa shape index (κ1) is 31.2. The summed E-state index contributed by atoms with van der Waals surface area (Å²) in [6, 6.07) is 11.9. The highest BCUT2D eigenvalue weighted by Crippen LogP contribution is 2.49. The van der Waals surface area contributed by atoms with Crippen LogP contribution in [0.1, 0.15) is 67.2 Å². The lowest BCUT2D eigenvalue weighted by Crippen LogP contribution is -2.47. The van der Waals surface area contributed by atoms with Crippen molar-refractivity contribution in [3.05, 3.63) is 93.9 Å². The van der Waals surface area contributed by atoms with Crippen LogP contribution in [0, 0.1) is 0 Å². The number of nitrogens with zero attached hydrogens (tertiary/aromatic N) is 2. The van der Waals surface area contributed by atoms with Crippen LogP contribution in [0.25, 0.3) is 28.3 Å². The maximum atomic E-state index is 12.4. The van der Waals surface area contributed by atoms with Crippen LogP contribution in [0.4, 0.5) is 5.69 Å². The highest BCUT2D eigenvalue weighted by atomic mass is 35.5. The summed E-state index contributed by atoms with van der Waals surface area (Å²) < 4.78 is 11.4. The summed E-state index contributed by atoms with van der Waals surface area (Å²) >= 11 is 13.4. The molecule has 0 atom stereocenters. The van der Waals surface area contributed by atoms with E-state index in [9.17, 15) is 4.79 Å². The molecular weight excluding hydrogens is 579 g/mol. The first-order valence-corrected chi connectivity index (χ1v) is 15.8. The maximum Gasteiger partial charge on any atom is 0.338 e. The van der Waals surface area contributed by atoms with Gasteiger partial charge in [0.05, 0.1) is 22.7 Å². The first-order valence-electron chi connectivity index (χ1n) is 15.1. The molecule has 2 aromatic carbocycles. The molecule has 0 bridgehead atoms. The van der Waals surface area contributed by atoms with Gasteiger partial charge in [-0.15, -0.1) is 0 Å². The molecule has 2 aliphatic rings. The molecule has 226 valence electrons. The zero-order valence-corrected chi connectivity index (χ0v) is 26.9. The number of ether oxygens (including phenoxy) is 1. The van der Waals surface area contributed by atoms with E-state index < -0.39 is 0 Å². The Hall–Kier alpha value is -3.25. The third-order valence-corrected chi connectivity index (χ3v) is 9.25. The molecule has 43 heavy (non-hydrogen) atoms. The standard InChI is InChI=1S/C36H40Cl2N2O3/c1-6-23(4)29-22-25(14-15-27(29)26(7-2)36(41)42-5)40-20-18-39(19-21-40)17-16-28-33(34-30(37)10-9-11-31(34)38)32(8-3)43-35(28)24-12-13-24/h7-11,14-15,22,24H,3-4,6,12-13,16-21H2,1-2,5H3/b26-7+. The Labute approximate surface area is 265 Å². The van der Waals surface area contributed by atoms with Crippen LogP contribution < -0.4 is 4.90 Å². The Kier molecular flexibility index (Phi) is 9.85. The van der Waals surface area contributed by atoms with E-state index >= 15 is 0 Å². The van der Waals surface area contributed by atoms with E-state index in [1.54, 1.807) is 6.08 Å². The van der Waals surface area contributed by atoms with Gasteiger partial charge in [-0.2, -0.15) is 0 Å². The van der Waals surface area contributed by atoms with E-state index in [1.165, 1.54) is 12.7 Å². The van der Waals surface area contributed by atoms with E-state index in [2.05, 4.69) is 42.0 Å². The third-order valence-electron chi connectivity index (χ3n) is 8.62. The van der Waals surface area contributed by atoms with Crippen LogP contribution >= 0.6 is 23.2 Å². The molecule has 1 aliphatic heterocycles. The molecule has 0 N–H and O–H groups in total. The van der Waals surface area contributed by atoms with Gasteiger partial charge in [0, 0.05) is 61.0 Å². The molecule has 7 heteroatoms. The normalized spacial score (nSPS) is 15.9. The predicted molar refractivity (Wildman–Crippen MR) is 180 cm³/mol. The number of piperazine rings is 1. The maximum absolute atomic E-state index is 12.4. The van der Waals surface area contributed by atoms with Gasteiger partial charge in [-0.05, 0) is 79.6 Å². The molecule has 1 aromatic heterocycles. The molecule has 0 amide bonds. The number of allylic oxidation sites excluding steroid dienone is 2. The number of furan rings is 1. The van der Waals surface area contributed by atoms with Gasteiger partial charge in [-0.25, -0.2) is 4.79 Å². The number of esters is 1. The topological polar surface area (TPSA) is 45.9 Å². The van der Waals surface area contributed by atoms with Crippen molar-refractivity contribution in [1.29, 1.82) is 0 Å². The van der Waals surface area contributed by atoms with E-state index in [0.717, 1.165) is 103 Å². The summed E-state index contributed by atoms with van der Waals surface area (Å²) in [7, 11) is 1.42. The number of hydrogen-bond donors (Lipinski definition) is 0. The fraction of sp³-hybridized carbons (Fsp3) is 0.361. The molecular formula is C36H40Cl2N2O3. The number of halogens is 2. The minimum atomic E-state index is -0.336. The lowest BCUT2D eigenvalue weighted by atomic mass is 9.93. The van der Waals surface area contributed by atoms with Gasteiger partial charge in [-0.1, -0.05) is 61.5 Å². The van der Waals surface area contributed by atoms with Crippen LogP contribution in [-0.2, 0) is 16.0 Å². The van der Waals surface area contributed by atoms with Crippen LogP contribution in [-0.4, -0.2) is 50.7 Å². The fourth-order valence-electron chi connectivity index (χ4n) is 6.02. The van der Waals surface area contributed by atoms with Crippen molar-refractivity contribution in [2.45, 2.75) is 45.4 Å². The average Bonchev–Trinajstić information content (AvgIpc) is 3.81. The van der Waals surface area contributed by atoms with Gasteiger partial charge < -0.3 is 14.1 Å². The van der Waals surface area contributed by atoms with Crippen molar-refractivity contribution >= 4 is 52.1 Å². The minimum Gasteiger partial charge on any atom is -0.465 e. The Bertz CT molecular complexity index is 1540. The predicted octanol–water partition coefficient (Wildman–Crippen LogP) is 9.14. The van der Waals surface area contributed by atoms with Crippen molar-refractivity contribution < 1.29 is 13.9 Å². The number of benzene rings is 2. The van der Waals surface area contributed by atoms with Gasteiger partial charge in [-0.3, -0.25) is 4.90 Å². The molecule has 0 radical (unpaired) electrons. The van der Waals surface area contributed by atoms with Crippen molar-refractivity contribution in [3.63, 3.8) is 0 Å². The zero-order chi connectivity index (χ0) is 30.7. The fourth-order valence-corrected chi connectivity index (χ4v) is 6.61. The van der Waals surface area contributed by atoms with Crippen molar-refractivity contribution in [2.24, 2.45) is 0 Å². The molecule has 0 spiro atoms. The second-order valence-corrected chi connectivity index (χ2v) is 12.0. The largest absolute Gasteiger partial charge is 0.465 e. The number of carbonyl (C=O) groups is 1. The van der Waals surface area contributed by atoms with Crippen LogP contribution in [0.3, 0.4) is 0 Å². The molecule has 1 saturated heterocycles. The van der Waals surface area contributed by atoms with E-state index in [4.69, 9.17) is 32.4 Å². The third kappa shape index (κ3) is 6.50. The van der Waals surface area contributed by atoms with Gasteiger partial charge in [0.2, 0.25) is 0 Å². The first-order chi connectivity index (χ1) is 20.8. The number of methoxy groups -OCH3 is 1. The van der Waals surface area contributed by atoms with Crippen molar-refractivity contribution in [2.75, 3.05) is 44.7 Å². The Morgan fingerprint density at radius 3 is 2.35 bits per heavy atom. The van der Waals surface area contributed by atoms with Crippen molar-refractivity contribution in [1.82, 2.24) is 4.90 Å². The SMILES string of the molecule is C=Cc1oc(C2CC2)c(CCN2CCN(c3ccc(/C(=C\C)C(=O)OC)c(C(=C)CC)c3)CC2)c1-c1c(Cl)cccc1Cl. The Balaban J connectivity index is 1.33. The Morgan fingerprint density at radius 2 is 1.77 bits per heavy atom. The lowest BCUT2D eigenvalue weighted by Gasteiger charge is -2.36. The lowest BCUT2D eigenvalue weighted by molar-refractivity contribution is -0.133. The van der Waals surface area contributed by atoms with Gasteiger partial charge in [0.1, 0.15) is 11.5 Å². The highest BCUT2D eigenvalue weighted by molar-refractivity contribution is 6.39. The van der Waals surface area contributed by atoms with Gasteiger partial charge in [0.15, 0.2) is 0 Å². The number of anilines is 1. The summed E-state index contributed by atoms with van der Waals surface area (Å²) in [5, 5.41) is 1.25. The monoisotopic (exact) mass is 618 g/mol. The summed E-state index contributed by atoms with van der Waals surface area (Å²) in [4.78, 5) is 17.4. The Morgan fingerprint density at radius 1 is 1.07 bits per heavy atom. The molecule has 3 aromatic rings.